The van der Waals surface area contributed by atoms with Gasteiger partial charge in [-0.1, -0.05) is 24.3 Å². The Hall–Kier alpha value is -1.71. The highest BCUT2D eigenvalue weighted by atomic mass is 16.2. The third kappa shape index (κ3) is 1.92. The fraction of sp³-hybridized carbons (Fsp3) is 0.500. The minimum absolute atomic E-state index is 0.107. The zero-order valence-corrected chi connectivity index (χ0v) is 10.5. The van der Waals surface area contributed by atoms with Crippen LogP contribution in [-0.4, -0.2) is 20.9 Å². The Kier molecular flexibility index (Phi) is 2.86. The SMILES string of the molecule is CC1CCC(C(=O)n2nnc3ccccc32)CC1. The molecule has 0 spiro atoms. The van der Waals surface area contributed by atoms with Crippen LogP contribution < -0.4 is 0 Å². The minimum Gasteiger partial charge on any atom is -0.272 e. The number of aromatic nitrogens is 3. The maximum absolute atomic E-state index is 12.4. The number of rotatable bonds is 1. The first-order valence-electron chi connectivity index (χ1n) is 6.60. The van der Waals surface area contributed by atoms with E-state index in [1.807, 2.05) is 24.3 Å². The molecular formula is C14H17N3O. The lowest BCUT2D eigenvalue weighted by atomic mass is 9.82. The number of nitrogens with zero attached hydrogens (tertiary/aromatic N) is 3. The second kappa shape index (κ2) is 4.52. The van der Waals surface area contributed by atoms with Crippen LogP contribution in [0.15, 0.2) is 24.3 Å². The van der Waals surface area contributed by atoms with Crippen LogP contribution in [0.25, 0.3) is 11.0 Å². The molecule has 1 heterocycles. The summed E-state index contributed by atoms with van der Waals surface area (Å²) in [6.45, 7) is 2.26. The van der Waals surface area contributed by atoms with Crippen molar-refractivity contribution in [2.45, 2.75) is 32.6 Å². The average molecular weight is 243 g/mol. The summed E-state index contributed by atoms with van der Waals surface area (Å²) in [5, 5.41) is 8.05. The molecule has 4 nitrogen and oxygen atoms in total. The van der Waals surface area contributed by atoms with E-state index >= 15 is 0 Å². The van der Waals surface area contributed by atoms with Gasteiger partial charge in [-0.15, -0.1) is 5.10 Å². The van der Waals surface area contributed by atoms with Gasteiger partial charge in [0.15, 0.2) is 0 Å². The van der Waals surface area contributed by atoms with Crippen LogP contribution in [0.3, 0.4) is 0 Å². The number of carbonyl (C=O) groups is 1. The van der Waals surface area contributed by atoms with Crippen molar-refractivity contribution in [3.8, 4) is 0 Å². The van der Waals surface area contributed by atoms with E-state index in [-0.39, 0.29) is 11.8 Å². The second-order valence-electron chi connectivity index (χ2n) is 5.28. The molecule has 94 valence electrons. The third-order valence-electron chi connectivity index (χ3n) is 3.93. The molecule has 1 aromatic heterocycles. The zero-order chi connectivity index (χ0) is 12.5. The summed E-state index contributed by atoms with van der Waals surface area (Å²) < 4.78 is 1.48. The number of carbonyl (C=O) groups excluding carboxylic acids is 1. The van der Waals surface area contributed by atoms with Gasteiger partial charge in [0.25, 0.3) is 5.91 Å². The van der Waals surface area contributed by atoms with Gasteiger partial charge in [-0.25, -0.2) is 0 Å². The molecular weight excluding hydrogens is 226 g/mol. The van der Waals surface area contributed by atoms with Crippen molar-refractivity contribution in [3.63, 3.8) is 0 Å². The molecule has 0 unspecified atom stereocenters. The molecule has 0 amide bonds. The minimum atomic E-state index is 0.107. The summed E-state index contributed by atoms with van der Waals surface area (Å²) in [7, 11) is 0. The van der Waals surface area contributed by atoms with E-state index < -0.39 is 0 Å². The van der Waals surface area contributed by atoms with Gasteiger partial charge in [-0.3, -0.25) is 4.79 Å². The summed E-state index contributed by atoms with van der Waals surface area (Å²) in [6, 6.07) is 7.61. The van der Waals surface area contributed by atoms with Crippen molar-refractivity contribution in [3.05, 3.63) is 24.3 Å². The maximum atomic E-state index is 12.4. The van der Waals surface area contributed by atoms with Crippen LogP contribution in [0.4, 0.5) is 0 Å². The zero-order valence-electron chi connectivity index (χ0n) is 10.5. The Morgan fingerprint density at radius 2 is 1.94 bits per heavy atom. The molecule has 18 heavy (non-hydrogen) atoms. The van der Waals surface area contributed by atoms with E-state index in [9.17, 15) is 4.79 Å². The monoisotopic (exact) mass is 243 g/mol. The molecule has 4 heteroatoms. The quantitative estimate of drug-likeness (QED) is 0.773. The first-order valence-corrected chi connectivity index (χ1v) is 6.60. The molecule has 1 aliphatic rings. The van der Waals surface area contributed by atoms with Crippen LogP contribution in [-0.2, 0) is 0 Å². The van der Waals surface area contributed by atoms with Gasteiger partial charge in [0, 0.05) is 5.92 Å². The fourth-order valence-electron chi connectivity index (χ4n) is 2.71. The van der Waals surface area contributed by atoms with Crippen LogP contribution in [0.5, 0.6) is 0 Å². The van der Waals surface area contributed by atoms with Gasteiger partial charge in [0.05, 0.1) is 5.52 Å². The maximum Gasteiger partial charge on any atom is 0.251 e. The van der Waals surface area contributed by atoms with Gasteiger partial charge in [0.1, 0.15) is 5.52 Å². The molecule has 0 aliphatic heterocycles. The van der Waals surface area contributed by atoms with Crippen LogP contribution in [0.2, 0.25) is 0 Å². The van der Waals surface area contributed by atoms with E-state index in [0.717, 1.165) is 42.6 Å². The highest BCUT2D eigenvalue weighted by molar-refractivity contribution is 5.90. The number of fused-ring (bicyclic) bond motifs is 1. The summed E-state index contributed by atoms with van der Waals surface area (Å²) in [5.74, 6) is 0.975. The highest BCUT2D eigenvalue weighted by Crippen LogP contribution is 2.29. The molecule has 0 radical (unpaired) electrons. The average Bonchev–Trinajstić information content (AvgIpc) is 2.82. The molecule has 1 saturated carbocycles. The number of hydrogen-bond acceptors (Lipinski definition) is 3. The van der Waals surface area contributed by atoms with E-state index in [4.69, 9.17) is 0 Å². The van der Waals surface area contributed by atoms with Crippen molar-refractivity contribution in [1.82, 2.24) is 15.0 Å². The standard InChI is InChI=1S/C14H17N3O/c1-10-6-8-11(9-7-10)14(18)17-13-5-3-2-4-12(13)15-16-17/h2-5,10-11H,6-9H2,1H3. The van der Waals surface area contributed by atoms with Gasteiger partial charge >= 0.3 is 0 Å². The number of hydrogen-bond donors (Lipinski definition) is 0. The fourth-order valence-corrected chi connectivity index (χ4v) is 2.71. The molecule has 0 saturated heterocycles. The van der Waals surface area contributed by atoms with Crippen LogP contribution in [0, 0.1) is 11.8 Å². The van der Waals surface area contributed by atoms with Crippen molar-refractivity contribution in [1.29, 1.82) is 0 Å². The molecule has 3 rings (SSSR count). The highest BCUT2D eigenvalue weighted by Gasteiger charge is 2.26. The van der Waals surface area contributed by atoms with Crippen molar-refractivity contribution in [2.75, 3.05) is 0 Å². The Bertz CT molecular complexity index is 567. The molecule has 1 aromatic carbocycles. The van der Waals surface area contributed by atoms with Crippen molar-refractivity contribution < 1.29 is 4.79 Å². The van der Waals surface area contributed by atoms with E-state index in [0.29, 0.717) is 0 Å². The normalized spacial score (nSPS) is 24.3. The Balaban J connectivity index is 1.88. The Morgan fingerprint density at radius 1 is 1.22 bits per heavy atom. The number of benzene rings is 1. The van der Waals surface area contributed by atoms with Crippen LogP contribution in [0.1, 0.15) is 37.4 Å². The van der Waals surface area contributed by atoms with Gasteiger partial charge < -0.3 is 0 Å². The number of para-hydroxylation sites is 1. The first-order chi connectivity index (χ1) is 8.75. The Labute approximate surface area is 106 Å². The lowest BCUT2D eigenvalue weighted by Crippen LogP contribution is -2.26. The molecule has 0 bridgehead atoms. The lowest BCUT2D eigenvalue weighted by molar-refractivity contribution is 0.0773. The second-order valence-corrected chi connectivity index (χ2v) is 5.28. The Morgan fingerprint density at radius 3 is 2.72 bits per heavy atom. The van der Waals surface area contributed by atoms with E-state index in [2.05, 4.69) is 17.2 Å². The first kappa shape index (κ1) is 11.4. The summed E-state index contributed by atoms with van der Waals surface area (Å²) in [6.07, 6.45) is 4.24. The van der Waals surface area contributed by atoms with Crippen molar-refractivity contribution in [2.24, 2.45) is 11.8 Å². The summed E-state index contributed by atoms with van der Waals surface area (Å²) in [5.41, 5.74) is 1.61. The molecule has 2 aromatic rings. The molecule has 0 atom stereocenters. The third-order valence-corrected chi connectivity index (χ3v) is 3.93. The predicted molar refractivity (Wildman–Crippen MR) is 69.3 cm³/mol. The topological polar surface area (TPSA) is 47.8 Å². The summed E-state index contributed by atoms with van der Waals surface area (Å²) in [4.78, 5) is 12.4. The smallest absolute Gasteiger partial charge is 0.251 e. The van der Waals surface area contributed by atoms with E-state index in [1.54, 1.807) is 0 Å². The predicted octanol–water partition coefficient (Wildman–Crippen LogP) is 2.90. The molecule has 0 N–H and O–H groups in total. The van der Waals surface area contributed by atoms with E-state index in [1.165, 1.54) is 4.68 Å². The summed E-state index contributed by atoms with van der Waals surface area (Å²) >= 11 is 0. The molecule has 1 fully saturated rings. The van der Waals surface area contributed by atoms with Gasteiger partial charge in [-0.05, 0) is 43.7 Å². The lowest BCUT2D eigenvalue weighted by Gasteiger charge is -2.24. The molecule has 1 aliphatic carbocycles. The van der Waals surface area contributed by atoms with Crippen LogP contribution >= 0.6 is 0 Å². The van der Waals surface area contributed by atoms with Gasteiger partial charge in [-0.2, -0.15) is 4.68 Å². The van der Waals surface area contributed by atoms with Crippen molar-refractivity contribution >= 4 is 16.9 Å². The largest absolute Gasteiger partial charge is 0.272 e. The van der Waals surface area contributed by atoms with Gasteiger partial charge in [0.2, 0.25) is 0 Å².